The molecule has 1 fully saturated rings. The zero-order valence-corrected chi connectivity index (χ0v) is 33.0. The lowest BCUT2D eigenvalue weighted by Gasteiger charge is -2.30. The number of hydrogen-bond acceptors (Lipinski definition) is 12. The topological polar surface area (TPSA) is 159 Å². The van der Waals surface area contributed by atoms with Crippen LogP contribution in [0.15, 0.2) is 40.8 Å². The van der Waals surface area contributed by atoms with E-state index in [1.165, 1.54) is 12.1 Å². The molecule has 0 saturated carbocycles. The summed E-state index contributed by atoms with van der Waals surface area (Å²) in [6.45, 7) is 9.09. The van der Waals surface area contributed by atoms with E-state index in [9.17, 15) is 18.8 Å². The molecule has 2 aromatic heterocycles. The lowest BCUT2D eigenvalue weighted by Crippen LogP contribution is -2.44. The highest BCUT2D eigenvalue weighted by Gasteiger charge is 2.31. The summed E-state index contributed by atoms with van der Waals surface area (Å²) in [6, 6.07) is 10.3. The summed E-state index contributed by atoms with van der Waals surface area (Å²) in [5.41, 5.74) is 4.68. The zero-order chi connectivity index (χ0) is 40.0. The van der Waals surface area contributed by atoms with Crippen molar-refractivity contribution in [3.8, 4) is 0 Å². The van der Waals surface area contributed by atoms with Gasteiger partial charge in [0.15, 0.2) is 5.58 Å². The fraction of sp³-hybridized carbons (Fsp3) is 0.561. The van der Waals surface area contributed by atoms with Crippen LogP contribution in [-0.4, -0.2) is 126 Å². The summed E-state index contributed by atoms with van der Waals surface area (Å²) in [5.74, 6) is -1.12. The second kappa shape index (κ2) is 21.2. The molecule has 2 aliphatic rings. The minimum absolute atomic E-state index is 0.130. The molecular weight excluding hydrogens is 739 g/mol. The molecular formula is C41H55FN6O9. The molecule has 15 nitrogen and oxygen atoms in total. The van der Waals surface area contributed by atoms with Gasteiger partial charge in [-0.05, 0) is 55.7 Å². The van der Waals surface area contributed by atoms with Crippen molar-refractivity contribution < 1.29 is 46.9 Å². The molecule has 57 heavy (non-hydrogen) atoms. The van der Waals surface area contributed by atoms with Gasteiger partial charge in [0.25, 0.3) is 11.9 Å². The summed E-state index contributed by atoms with van der Waals surface area (Å²) >= 11 is 0. The number of morpholine rings is 1. The molecule has 16 heteroatoms. The van der Waals surface area contributed by atoms with E-state index >= 15 is 0 Å². The summed E-state index contributed by atoms with van der Waals surface area (Å²) in [4.78, 5) is 48.5. The Labute approximate surface area is 332 Å². The Kier molecular flexibility index (Phi) is 15.6. The van der Waals surface area contributed by atoms with Crippen molar-refractivity contribution in [1.29, 1.82) is 0 Å². The minimum Gasteiger partial charge on any atom is -0.423 e. The molecule has 0 bridgehead atoms. The van der Waals surface area contributed by atoms with Crippen molar-refractivity contribution in [2.75, 3.05) is 103 Å². The first-order valence-corrected chi connectivity index (χ1v) is 20.0. The van der Waals surface area contributed by atoms with Crippen LogP contribution in [0.5, 0.6) is 0 Å². The number of aromatic nitrogens is 2. The van der Waals surface area contributed by atoms with Crippen LogP contribution in [0.4, 0.5) is 16.1 Å². The largest absolute Gasteiger partial charge is 0.423 e. The third-order valence-electron chi connectivity index (χ3n) is 10.2. The fourth-order valence-corrected chi connectivity index (χ4v) is 7.14. The number of rotatable bonds is 22. The fourth-order valence-electron chi connectivity index (χ4n) is 7.14. The molecule has 1 atom stereocenters. The first kappa shape index (κ1) is 42.0. The van der Waals surface area contributed by atoms with E-state index in [1.54, 1.807) is 24.7 Å². The number of carbonyl (C=O) groups excluding carboxylic acids is 3. The summed E-state index contributed by atoms with van der Waals surface area (Å²) in [5, 5.41) is 6.61. The predicted octanol–water partition coefficient (Wildman–Crippen LogP) is 4.23. The summed E-state index contributed by atoms with van der Waals surface area (Å²) in [6.07, 6.45) is 2.52. The molecule has 2 aliphatic heterocycles. The van der Waals surface area contributed by atoms with Gasteiger partial charge in [0.2, 0.25) is 11.8 Å². The normalized spacial score (nSPS) is 14.9. The number of nitrogens with zero attached hydrogens (tertiary/aromatic N) is 4. The van der Waals surface area contributed by atoms with Crippen LogP contribution >= 0.6 is 0 Å². The number of unbranched alkanes of at least 4 members (excludes halogenated alkanes) is 1. The van der Waals surface area contributed by atoms with E-state index in [-0.39, 0.29) is 37.2 Å². The van der Waals surface area contributed by atoms with Crippen LogP contribution < -0.4 is 20.4 Å². The van der Waals surface area contributed by atoms with E-state index in [0.717, 1.165) is 40.9 Å². The molecule has 310 valence electrons. The van der Waals surface area contributed by atoms with Gasteiger partial charge >= 0.3 is 0 Å². The van der Waals surface area contributed by atoms with Gasteiger partial charge in [-0.25, -0.2) is 4.39 Å². The number of hydrogen-bond donors (Lipinski definition) is 2. The number of carbonyl (C=O) groups is 3. The van der Waals surface area contributed by atoms with Gasteiger partial charge in [0.05, 0.1) is 65.0 Å². The van der Waals surface area contributed by atoms with Gasteiger partial charge in [0, 0.05) is 81.4 Å². The monoisotopic (exact) mass is 794 g/mol. The number of benzene rings is 2. The minimum atomic E-state index is -0.822. The molecule has 6 rings (SSSR count). The molecule has 4 aromatic rings. The van der Waals surface area contributed by atoms with E-state index in [0.29, 0.717) is 115 Å². The number of ether oxygens (including phenoxy) is 5. The average molecular weight is 795 g/mol. The van der Waals surface area contributed by atoms with E-state index in [4.69, 9.17) is 33.1 Å². The van der Waals surface area contributed by atoms with Gasteiger partial charge in [-0.15, -0.1) is 0 Å². The number of anilines is 2. The Hall–Kier alpha value is -4.61. The Bertz CT molecular complexity index is 1940. The van der Waals surface area contributed by atoms with Crippen LogP contribution in [0.1, 0.15) is 55.1 Å². The number of halogens is 1. The third-order valence-corrected chi connectivity index (χ3v) is 10.2. The van der Waals surface area contributed by atoms with Crippen molar-refractivity contribution in [3.05, 3.63) is 53.5 Å². The molecule has 2 amide bonds. The van der Waals surface area contributed by atoms with Gasteiger partial charge in [-0.2, -0.15) is 4.98 Å². The van der Waals surface area contributed by atoms with Crippen LogP contribution in [0, 0.1) is 5.82 Å². The lowest BCUT2D eigenvalue weighted by atomic mass is 10.0. The van der Waals surface area contributed by atoms with E-state index in [2.05, 4.69) is 20.4 Å². The standard InChI is InChI=1S/C41H55FN6O9/c1-3-38(49)44-33(6-4-5-13-43-39(50)12-17-53-22-23-56-25-24-55-21-20-52-2)40(51)48-35-11-14-47(28-32(35)31-9-7-29(42)26-36(31)48)30-8-10-37-34(27-30)45-41(57-37)46-15-18-54-19-16-46/h7-10,26-27,33H,3-6,11-25,28H2,1-2H3,(H,43,50)(H,44,49). The first-order valence-electron chi connectivity index (χ1n) is 20.0. The Morgan fingerprint density at radius 2 is 1.65 bits per heavy atom. The Balaban J connectivity index is 1.04. The first-order chi connectivity index (χ1) is 27.9. The maximum atomic E-state index is 14.8. The maximum Gasteiger partial charge on any atom is 0.298 e. The summed E-state index contributed by atoms with van der Waals surface area (Å²) < 4.78 is 49.1. The maximum absolute atomic E-state index is 14.8. The number of methoxy groups -OCH3 is 1. The van der Waals surface area contributed by atoms with Crippen molar-refractivity contribution in [2.45, 2.75) is 58.0 Å². The molecule has 0 aliphatic carbocycles. The second-order valence-electron chi connectivity index (χ2n) is 14.1. The van der Waals surface area contributed by atoms with Gasteiger partial charge in [-0.3, -0.25) is 19.0 Å². The number of fused-ring (bicyclic) bond motifs is 4. The van der Waals surface area contributed by atoms with Gasteiger partial charge < -0.3 is 48.5 Å². The lowest BCUT2D eigenvalue weighted by molar-refractivity contribution is -0.122. The Morgan fingerprint density at radius 1 is 0.895 bits per heavy atom. The van der Waals surface area contributed by atoms with Crippen molar-refractivity contribution >= 4 is 51.4 Å². The average Bonchev–Trinajstić information content (AvgIpc) is 3.80. The number of nitrogens with one attached hydrogen (secondary N) is 2. The SMILES string of the molecule is CCC(=O)NC(CCCCNC(=O)CCOCCOCCOCCOC)C(=O)n1c2c(c3ccc(F)cc31)CN(c1ccc3oc(N4CCOCC4)nc3c1)CC2. The zero-order valence-electron chi connectivity index (χ0n) is 33.0. The van der Waals surface area contributed by atoms with Gasteiger partial charge in [0.1, 0.15) is 17.4 Å². The van der Waals surface area contributed by atoms with Crippen molar-refractivity contribution in [3.63, 3.8) is 0 Å². The number of oxazole rings is 1. The van der Waals surface area contributed by atoms with E-state index < -0.39 is 11.9 Å². The molecule has 1 saturated heterocycles. The van der Waals surface area contributed by atoms with Crippen LogP contribution in [-0.2, 0) is 46.2 Å². The quantitative estimate of drug-likeness (QED) is 0.109. The van der Waals surface area contributed by atoms with E-state index in [1.807, 2.05) is 18.2 Å². The molecule has 4 heterocycles. The Morgan fingerprint density at radius 3 is 2.40 bits per heavy atom. The summed E-state index contributed by atoms with van der Waals surface area (Å²) in [7, 11) is 1.62. The highest BCUT2D eigenvalue weighted by atomic mass is 19.1. The third kappa shape index (κ3) is 11.3. The predicted molar refractivity (Wildman–Crippen MR) is 212 cm³/mol. The molecule has 0 radical (unpaired) electrons. The highest BCUT2D eigenvalue weighted by Crippen LogP contribution is 2.35. The second-order valence-corrected chi connectivity index (χ2v) is 14.1. The molecule has 1 unspecified atom stereocenters. The van der Waals surface area contributed by atoms with Crippen LogP contribution in [0.3, 0.4) is 0 Å². The van der Waals surface area contributed by atoms with Gasteiger partial charge in [-0.1, -0.05) is 6.92 Å². The number of amides is 2. The van der Waals surface area contributed by atoms with Crippen LogP contribution in [0.25, 0.3) is 22.0 Å². The molecule has 2 N–H and O–H groups in total. The van der Waals surface area contributed by atoms with Crippen molar-refractivity contribution in [1.82, 2.24) is 20.2 Å². The highest BCUT2D eigenvalue weighted by molar-refractivity contribution is 6.00. The smallest absolute Gasteiger partial charge is 0.298 e. The van der Waals surface area contributed by atoms with Crippen molar-refractivity contribution in [2.24, 2.45) is 0 Å². The molecule has 0 spiro atoms. The molecule has 2 aromatic carbocycles. The van der Waals surface area contributed by atoms with Crippen LogP contribution in [0.2, 0.25) is 0 Å².